The molecular weight excluding hydrogens is 480 g/mol. The molecule has 0 saturated carbocycles. The number of rotatable bonds is 6. The Labute approximate surface area is 219 Å². The average Bonchev–Trinajstić information content (AvgIpc) is 3.32. The topological polar surface area (TPSA) is 71.0 Å². The molecule has 1 fully saturated rings. The summed E-state index contributed by atoms with van der Waals surface area (Å²) in [5.41, 5.74) is 3.92. The van der Waals surface area contributed by atoms with Crippen LogP contribution in [0.1, 0.15) is 18.4 Å². The number of amides is 1. The number of fused-ring (bicyclic) bond motifs is 3. The van der Waals surface area contributed by atoms with Crippen molar-refractivity contribution in [2.45, 2.75) is 24.4 Å². The summed E-state index contributed by atoms with van der Waals surface area (Å²) in [6.07, 6.45) is 3.09. The fourth-order valence-electron chi connectivity index (χ4n) is 5.20. The van der Waals surface area contributed by atoms with Gasteiger partial charge in [-0.15, -0.1) is 0 Å². The Kier molecular flexibility index (Phi) is 6.53. The van der Waals surface area contributed by atoms with Crippen LogP contribution >= 0.6 is 11.8 Å². The highest BCUT2D eigenvalue weighted by Crippen LogP contribution is 2.27. The Hall–Kier alpha value is -3.84. The SMILES string of the molecule is O=C(CSc1nc2c([nH]c3ccccc32)c(=O)n1-c1ccccc1)N1CCC(Cc2ccccc2)CC1. The molecule has 0 radical (unpaired) electrons. The maximum absolute atomic E-state index is 13.6. The highest BCUT2D eigenvalue weighted by molar-refractivity contribution is 7.99. The number of likely N-dealkylation sites (tertiary alicyclic amines) is 1. The van der Waals surface area contributed by atoms with Crippen LogP contribution in [0.2, 0.25) is 0 Å². The van der Waals surface area contributed by atoms with E-state index in [1.54, 1.807) is 4.57 Å². The molecule has 6 rings (SSSR count). The van der Waals surface area contributed by atoms with Crippen molar-refractivity contribution in [3.63, 3.8) is 0 Å². The second-order valence-electron chi connectivity index (χ2n) is 9.57. The van der Waals surface area contributed by atoms with Crippen LogP contribution in [0.4, 0.5) is 0 Å². The van der Waals surface area contributed by atoms with Gasteiger partial charge in [-0.25, -0.2) is 4.98 Å². The number of aromatic amines is 1. The van der Waals surface area contributed by atoms with E-state index in [2.05, 4.69) is 29.2 Å². The molecule has 6 nitrogen and oxygen atoms in total. The standard InChI is InChI=1S/C30H28N4O2S/c35-26(33-17-15-22(16-18-33)19-21-9-3-1-4-10-21)20-37-30-32-27-24-13-7-8-14-25(24)31-28(27)29(36)34(30)23-11-5-2-6-12-23/h1-14,22,31H,15-20H2. The third-order valence-electron chi connectivity index (χ3n) is 7.17. The van der Waals surface area contributed by atoms with E-state index in [9.17, 15) is 9.59 Å². The Balaban J connectivity index is 1.22. The Bertz CT molecular complexity index is 1600. The highest BCUT2D eigenvalue weighted by Gasteiger charge is 2.24. The molecular formula is C30H28N4O2S. The van der Waals surface area contributed by atoms with Gasteiger partial charge in [0, 0.05) is 24.0 Å². The minimum Gasteiger partial charge on any atom is -0.349 e. The number of piperidine rings is 1. The van der Waals surface area contributed by atoms with E-state index in [0.29, 0.717) is 22.1 Å². The average molecular weight is 509 g/mol. The first-order valence-electron chi connectivity index (χ1n) is 12.7. The predicted octanol–water partition coefficient (Wildman–Crippen LogP) is 5.44. The lowest BCUT2D eigenvalue weighted by molar-refractivity contribution is -0.129. The van der Waals surface area contributed by atoms with Gasteiger partial charge >= 0.3 is 0 Å². The molecule has 1 saturated heterocycles. The van der Waals surface area contributed by atoms with Gasteiger partial charge in [0.25, 0.3) is 5.56 Å². The van der Waals surface area contributed by atoms with Crippen molar-refractivity contribution in [3.05, 3.63) is 101 Å². The monoisotopic (exact) mass is 508 g/mol. The molecule has 2 aromatic heterocycles. The van der Waals surface area contributed by atoms with Crippen molar-refractivity contribution in [2.75, 3.05) is 18.8 Å². The molecule has 0 bridgehead atoms. The van der Waals surface area contributed by atoms with Crippen LogP contribution < -0.4 is 5.56 Å². The molecule has 5 aromatic rings. The van der Waals surface area contributed by atoms with Gasteiger partial charge in [0.05, 0.1) is 11.4 Å². The van der Waals surface area contributed by atoms with E-state index in [4.69, 9.17) is 4.98 Å². The second-order valence-corrected chi connectivity index (χ2v) is 10.5. The summed E-state index contributed by atoms with van der Waals surface area (Å²) in [6.45, 7) is 1.55. The molecule has 3 aromatic carbocycles. The van der Waals surface area contributed by atoms with Crippen molar-refractivity contribution in [1.82, 2.24) is 19.4 Å². The summed E-state index contributed by atoms with van der Waals surface area (Å²) in [6, 6.07) is 27.9. The first kappa shape index (κ1) is 23.6. The zero-order chi connectivity index (χ0) is 25.2. The Morgan fingerprint density at radius 3 is 2.35 bits per heavy atom. The van der Waals surface area contributed by atoms with Gasteiger partial charge in [-0.3, -0.25) is 14.2 Å². The van der Waals surface area contributed by atoms with Crippen LogP contribution in [0.25, 0.3) is 27.6 Å². The molecule has 3 heterocycles. The van der Waals surface area contributed by atoms with Gasteiger partial charge in [-0.05, 0) is 48.9 Å². The van der Waals surface area contributed by atoms with Crippen molar-refractivity contribution >= 4 is 39.6 Å². The molecule has 1 amide bonds. The van der Waals surface area contributed by atoms with Crippen LogP contribution in [-0.4, -0.2) is 44.2 Å². The van der Waals surface area contributed by atoms with Crippen molar-refractivity contribution < 1.29 is 4.79 Å². The number of hydrogen-bond acceptors (Lipinski definition) is 4. The smallest absolute Gasteiger partial charge is 0.283 e. The zero-order valence-corrected chi connectivity index (χ0v) is 21.3. The molecule has 1 N–H and O–H groups in total. The normalized spacial score (nSPS) is 14.4. The van der Waals surface area contributed by atoms with E-state index in [1.807, 2.05) is 65.6 Å². The fourth-order valence-corrected chi connectivity index (χ4v) is 6.10. The second kappa shape index (κ2) is 10.3. The molecule has 0 aliphatic carbocycles. The van der Waals surface area contributed by atoms with E-state index >= 15 is 0 Å². The molecule has 186 valence electrons. The van der Waals surface area contributed by atoms with Crippen LogP contribution in [-0.2, 0) is 11.2 Å². The van der Waals surface area contributed by atoms with Crippen molar-refractivity contribution in [2.24, 2.45) is 5.92 Å². The lowest BCUT2D eigenvalue weighted by atomic mass is 9.90. The maximum atomic E-state index is 13.6. The summed E-state index contributed by atoms with van der Waals surface area (Å²) >= 11 is 1.33. The first-order chi connectivity index (χ1) is 18.2. The summed E-state index contributed by atoms with van der Waals surface area (Å²) in [7, 11) is 0. The minimum atomic E-state index is -0.163. The molecule has 7 heteroatoms. The molecule has 0 unspecified atom stereocenters. The lowest BCUT2D eigenvalue weighted by Crippen LogP contribution is -2.40. The summed E-state index contributed by atoms with van der Waals surface area (Å²) in [4.78, 5) is 36.9. The van der Waals surface area contributed by atoms with Gasteiger partial charge < -0.3 is 9.88 Å². The quantitative estimate of drug-likeness (QED) is 0.245. The number of hydrogen-bond donors (Lipinski definition) is 1. The zero-order valence-electron chi connectivity index (χ0n) is 20.5. The van der Waals surface area contributed by atoms with E-state index in [-0.39, 0.29) is 17.2 Å². The van der Waals surface area contributed by atoms with Crippen LogP contribution in [0.3, 0.4) is 0 Å². The van der Waals surface area contributed by atoms with Crippen LogP contribution in [0.5, 0.6) is 0 Å². The third kappa shape index (κ3) is 4.79. The van der Waals surface area contributed by atoms with E-state index < -0.39 is 0 Å². The van der Waals surface area contributed by atoms with Gasteiger partial charge in [-0.2, -0.15) is 0 Å². The number of para-hydroxylation sites is 2. The number of benzene rings is 3. The van der Waals surface area contributed by atoms with Gasteiger partial charge in [0.15, 0.2) is 5.16 Å². The molecule has 37 heavy (non-hydrogen) atoms. The van der Waals surface area contributed by atoms with Gasteiger partial charge in [-0.1, -0.05) is 78.5 Å². The Morgan fingerprint density at radius 2 is 1.59 bits per heavy atom. The number of H-pyrrole nitrogens is 1. The van der Waals surface area contributed by atoms with Crippen LogP contribution in [0.15, 0.2) is 94.9 Å². The number of carbonyl (C=O) groups is 1. The largest absolute Gasteiger partial charge is 0.349 e. The lowest BCUT2D eigenvalue weighted by Gasteiger charge is -2.32. The van der Waals surface area contributed by atoms with E-state index in [0.717, 1.165) is 48.9 Å². The fraction of sp³-hybridized carbons (Fsp3) is 0.233. The first-order valence-corrected chi connectivity index (χ1v) is 13.7. The number of carbonyl (C=O) groups excluding carboxylic acids is 1. The molecule has 1 aliphatic heterocycles. The molecule has 0 atom stereocenters. The predicted molar refractivity (Wildman–Crippen MR) is 149 cm³/mol. The number of thioether (sulfide) groups is 1. The molecule has 1 aliphatic rings. The molecule has 0 spiro atoms. The summed E-state index contributed by atoms with van der Waals surface area (Å²) < 4.78 is 1.61. The summed E-state index contributed by atoms with van der Waals surface area (Å²) in [5.74, 6) is 0.945. The number of aromatic nitrogens is 3. The van der Waals surface area contributed by atoms with E-state index in [1.165, 1.54) is 17.3 Å². The third-order valence-corrected chi connectivity index (χ3v) is 8.09. The summed E-state index contributed by atoms with van der Waals surface area (Å²) in [5, 5.41) is 1.43. The van der Waals surface area contributed by atoms with Crippen LogP contribution in [0, 0.1) is 5.92 Å². The van der Waals surface area contributed by atoms with Crippen molar-refractivity contribution in [1.29, 1.82) is 0 Å². The van der Waals surface area contributed by atoms with Crippen molar-refractivity contribution in [3.8, 4) is 5.69 Å². The van der Waals surface area contributed by atoms with Gasteiger partial charge in [0.1, 0.15) is 11.0 Å². The van der Waals surface area contributed by atoms with Gasteiger partial charge in [0.2, 0.25) is 5.91 Å². The Morgan fingerprint density at radius 1 is 0.919 bits per heavy atom. The number of nitrogens with one attached hydrogen (secondary N) is 1. The number of nitrogens with zero attached hydrogens (tertiary/aromatic N) is 3. The highest BCUT2D eigenvalue weighted by atomic mass is 32.2. The minimum absolute atomic E-state index is 0.0936. The maximum Gasteiger partial charge on any atom is 0.283 e.